The second kappa shape index (κ2) is 8.36. The van der Waals surface area contributed by atoms with E-state index in [4.69, 9.17) is 0 Å². The first kappa shape index (κ1) is 21.0. The van der Waals surface area contributed by atoms with Crippen molar-refractivity contribution in [3.63, 3.8) is 0 Å². The molecule has 3 rings (SSSR count). The molecule has 1 fully saturated rings. The summed E-state index contributed by atoms with van der Waals surface area (Å²) >= 11 is 0. The monoisotopic (exact) mass is 396 g/mol. The lowest BCUT2D eigenvalue weighted by molar-refractivity contribution is -0.138. The van der Waals surface area contributed by atoms with Crippen molar-refractivity contribution >= 4 is 17.5 Å². The maximum atomic E-state index is 13.8. The molecular formula is C24H29FN2O2. The Bertz CT molecular complexity index is 909. The lowest BCUT2D eigenvalue weighted by atomic mass is 9.77. The number of rotatable bonds is 5. The second-order valence-electron chi connectivity index (χ2n) is 8.28. The molecule has 0 spiro atoms. The lowest BCUT2D eigenvalue weighted by Crippen LogP contribution is -2.46. The molecule has 0 aliphatic heterocycles. The molecule has 4 nitrogen and oxygen atoms in total. The van der Waals surface area contributed by atoms with Crippen LogP contribution in [-0.2, 0) is 15.0 Å². The van der Waals surface area contributed by atoms with Gasteiger partial charge in [-0.25, -0.2) is 4.39 Å². The molecule has 1 saturated carbocycles. The summed E-state index contributed by atoms with van der Waals surface area (Å²) in [5.74, 6) is -0.691. The van der Waals surface area contributed by atoms with Crippen LogP contribution in [0.15, 0.2) is 36.4 Å². The number of carbonyl (C=O) groups is 2. The minimum Gasteiger partial charge on any atom is -0.336 e. The number of halogens is 1. The van der Waals surface area contributed by atoms with Gasteiger partial charge in [0.2, 0.25) is 11.8 Å². The summed E-state index contributed by atoms with van der Waals surface area (Å²) in [6.07, 6.45) is 3.20. The SMILES string of the molecule is Cc1cc(C)c(NC(=O)CN(C)C(=O)C2(c3cccc(F)c3)CCCC2)c(C)c1. The first-order chi connectivity index (χ1) is 13.7. The minimum atomic E-state index is -0.743. The van der Waals surface area contributed by atoms with E-state index in [2.05, 4.69) is 5.32 Å². The Morgan fingerprint density at radius 3 is 2.28 bits per heavy atom. The van der Waals surface area contributed by atoms with Gasteiger partial charge in [-0.1, -0.05) is 42.7 Å². The summed E-state index contributed by atoms with van der Waals surface area (Å²) in [7, 11) is 1.65. The number of amides is 2. The number of hydrogen-bond donors (Lipinski definition) is 1. The van der Waals surface area contributed by atoms with E-state index in [0.29, 0.717) is 18.4 Å². The Morgan fingerprint density at radius 1 is 1.07 bits per heavy atom. The second-order valence-corrected chi connectivity index (χ2v) is 8.28. The van der Waals surface area contributed by atoms with Crippen molar-refractivity contribution in [2.24, 2.45) is 0 Å². The Kier molecular flexibility index (Phi) is 6.06. The van der Waals surface area contributed by atoms with Crippen LogP contribution in [0.1, 0.15) is 47.9 Å². The molecule has 1 aliphatic rings. The summed E-state index contributed by atoms with van der Waals surface area (Å²) in [6, 6.07) is 10.4. The van der Waals surface area contributed by atoms with Crippen molar-refractivity contribution in [2.45, 2.75) is 51.9 Å². The molecule has 0 bridgehead atoms. The van der Waals surface area contributed by atoms with Crippen molar-refractivity contribution in [1.82, 2.24) is 4.90 Å². The maximum Gasteiger partial charge on any atom is 0.243 e. The fourth-order valence-electron chi connectivity index (χ4n) is 4.60. The van der Waals surface area contributed by atoms with Crippen LogP contribution < -0.4 is 5.32 Å². The van der Waals surface area contributed by atoms with Crippen molar-refractivity contribution in [3.05, 3.63) is 64.5 Å². The van der Waals surface area contributed by atoms with Gasteiger partial charge in [0.15, 0.2) is 0 Å². The first-order valence-corrected chi connectivity index (χ1v) is 10.1. The van der Waals surface area contributed by atoms with E-state index in [0.717, 1.165) is 35.2 Å². The van der Waals surface area contributed by atoms with Gasteiger partial charge in [0, 0.05) is 12.7 Å². The summed E-state index contributed by atoms with van der Waals surface area (Å²) in [6.45, 7) is 5.90. The van der Waals surface area contributed by atoms with Gasteiger partial charge in [-0.3, -0.25) is 9.59 Å². The number of carbonyl (C=O) groups excluding carboxylic acids is 2. The molecule has 0 heterocycles. The number of anilines is 1. The molecule has 0 aromatic heterocycles. The quantitative estimate of drug-likeness (QED) is 0.799. The van der Waals surface area contributed by atoms with Crippen LogP contribution in [0.4, 0.5) is 10.1 Å². The van der Waals surface area contributed by atoms with Crippen molar-refractivity contribution in [3.8, 4) is 0 Å². The highest BCUT2D eigenvalue weighted by Crippen LogP contribution is 2.42. The summed E-state index contributed by atoms with van der Waals surface area (Å²) < 4.78 is 13.8. The van der Waals surface area contributed by atoms with E-state index >= 15 is 0 Å². The van der Waals surface area contributed by atoms with Gasteiger partial charge in [0.1, 0.15) is 5.82 Å². The zero-order chi connectivity index (χ0) is 21.2. The third kappa shape index (κ3) is 4.34. The smallest absolute Gasteiger partial charge is 0.243 e. The van der Waals surface area contributed by atoms with Gasteiger partial charge >= 0.3 is 0 Å². The molecule has 2 amide bonds. The van der Waals surface area contributed by atoms with Crippen molar-refractivity contribution in [1.29, 1.82) is 0 Å². The molecule has 0 atom stereocenters. The van der Waals surface area contributed by atoms with Crippen LogP contribution in [-0.4, -0.2) is 30.3 Å². The number of likely N-dealkylation sites (N-methyl/N-ethyl adjacent to an activating group) is 1. The Balaban J connectivity index is 1.76. The van der Waals surface area contributed by atoms with Crippen LogP contribution in [0.25, 0.3) is 0 Å². The average Bonchev–Trinajstić information content (AvgIpc) is 3.15. The Morgan fingerprint density at radius 2 is 1.69 bits per heavy atom. The van der Waals surface area contributed by atoms with E-state index < -0.39 is 5.41 Å². The molecule has 0 saturated heterocycles. The topological polar surface area (TPSA) is 49.4 Å². The predicted molar refractivity (Wildman–Crippen MR) is 113 cm³/mol. The highest BCUT2D eigenvalue weighted by atomic mass is 19.1. The fraction of sp³-hybridized carbons (Fsp3) is 0.417. The average molecular weight is 397 g/mol. The molecule has 2 aromatic carbocycles. The zero-order valence-electron chi connectivity index (χ0n) is 17.6. The maximum absolute atomic E-state index is 13.8. The molecule has 5 heteroatoms. The van der Waals surface area contributed by atoms with Crippen LogP contribution in [0.2, 0.25) is 0 Å². The Labute approximate surface area is 172 Å². The number of aryl methyl sites for hydroxylation is 3. The Hall–Kier alpha value is -2.69. The molecule has 154 valence electrons. The number of nitrogens with one attached hydrogen (secondary N) is 1. The minimum absolute atomic E-state index is 0.0390. The van der Waals surface area contributed by atoms with Crippen LogP contribution >= 0.6 is 0 Å². The molecule has 0 radical (unpaired) electrons. The van der Waals surface area contributed by atoms with Crippen LogP contribution in [0.5, 0.6) is 0 Å². The van der Waals surface area contributed by atoms with Crippen molar-refractivity contribution < 1.29 is 14.0 Å². The van der Waals surface area contributed by atoms with Gasteiger partial charge in [0.25, 0.3) is 0 Å². The summed E-state index contributed by atoms with van der Waals surface area (Å²) in [4.78, 5) is 27.5. The predicted octanol–water partition coefficient (Wildman–Crippen LogP) is 4.66. The molecule has 29 heavy (non-hydrogen) atoms. The van der Waals surface area contributed by atoms with E-state index in [1.807, 2.05) is 39.0 Å². The third-order valence-corrected chi connectivity index (χ3v) is 5.91. The third-order valence-electron chi connectivity index (χ3n) is 5.91. The lowest BCUT2D eigenvalue weighted by Gasteiger charge is -2.32. The standard InChI is InChI=1S/C24H29FN2O2/c1-16-12-17(2)22(18(3)13-16)26-21(28)15-27(4)23(29)24(10-5-6-11-24)19-8-7-9-20(25)14-19/h7-9,12-14H,5-6,10-11,15H2,1-4H3,(H,26,28). The molecule has 2 aromatic rings. The largest absolute Gasteiger partial charge is 0.336 e. The van der Waals surface area contributed by atoms with Gasteiger partial charge in [-0.2, -0.15) is 0 Å². The molecule has 1 aliphatic carbocycles. The summed E-state index contributed by atoms with van der Waals surface area (Å²) in [5.41, 5.74) is 3.89. The van der Waals surface area contributed by atoms with Crippen LogP contribution in [0, 0.1) is 26.6 Å². The number of benzene rings is 2. The summed E-state index contributed by atoms with van der Waals surface area (Å²) in [5, 5.41) is 2.95. The fourth-order valence-corrected chi connectivity index (χ4v) is 4.60. The highest BCUT2D eigenvalue weighted by Gasteiger charge is 2.44. The van der Waals surface area contributed by atoms with Crippen LogP contribution in [0.3, 0.4) is 0 Å². The van der Waals surface area contributed by atoms with Gasteiger partial charge in [-0.05, 0) is 62.4 Å². The zero-order valence-corrected chi connectivity index (χ0v) is 17.6. The van der Waals surface area contributed by atoms with E-state index in [1.165, 1.54) is 17.0 Å². The van der Waals surface area contributed by atoms with Gasteiger partial charge < -0.3 is 10.2 Å². The van der Waals surface area contributed by atoms with Gasteiger partial charge in [0.05, 0.1) is 12.0 Å². The molecule has 0 unspecified atom stereocenters. The molecule has 1 N–H and O–H groups in total. The van der Waals surface area contributed by atoms with Gasteiger partial charge in [-0.15, -0.1) is 0 Å². The first-order valence-electron chi connectivity index (χ1n) is 10.1. The van der Waals surface area contributed by atoms with E-state index in [-0.39, 0.29) is 24.2 Å². The number of hydrogen-bond acceptors (Lipinski definition) is 2. The highest BCUT2D eigenvalue weighted by molar-refractivity contribution is 5.97. The number of nitrogens with zero attached hydrogens (tertiary/aromatic N) is 1. The van der Waals surface area contributed by atoms with Crippen molar-refractivity contribution in [2.75, 3.05) is 18.9 Å². The van der Waals surface area contributed by atoms with E-state index in [1.54, 1.807) is 13.1 Å². The normalized spacial score (nSPS) is 15.2. The molecular weight excluding hydrogens is 367 g/mol. The van der Waals surface area contributed by atoms with E-state index in [9.17, 15) is 14.0 Å².